The third-order valence-electron chi connectivity index (χ3n) is 5.90. The molecule has 0 radical (unpaired) electrons. The summed E-state index contributed by atoms with van der Waals surface area (Å²) in [7, 11) is 0. The van der Waals surface area contributed by atoms with Crippen LogP contribution in [0.2, 0.25) is 0 Å². The van der Waals surface area contributed by atoms with Crippen LogP contribution in [0.3, 0.4) is 0 Å². The minimum atomic E-state index is 0.635. The Balaban J connectivity index is 1.57. The van der Waals surface area contributed by atoms with Crippen LogP contribution in [-0.4, -0.2) is 4.57 Å². The van der Waals surface area contributed by atoms with Gasteiger partial charge in [0.25, 0.3) is 0 Å². The molecule has 1 nitrogen and oxygen atoms in total. The molecule has 3 aromatic carbocycles. The van der Waals surface area contributed by atoms with Crippen molar-refractivity contribution in [2.45, 2.75) is 31.7 Å². The Morgan fingerprint density at radius 2 is 1.59 bits per heavy atom. The van der Waals surface area contributed by atoms with E-state index in [-0.39, 0.29) is 0 Å². The third-order valence-corrected chi connectivity index (χ3v) is 6.62. The molecule has 0 saturated heterocycles. The normalized spacial score (nSPS) is 16.4. The van der Waals surface area contributed by atoms with E-state index in [2.05, 4.69) is 106 Å². The fourth-order valence-electron chi connectivity index (χ4n) is 4.56. The molecule has 0 bridgehead atoms. The summed E-state index contributed by atoms with van der Waals surface area (Å²) in [5, 5.41) is 1.44. The number of nitrogens with zero attached hydrogens (tertiary/aromatic N) is 1. The van der Waals surface area contributed by atoms with Crippen molar-refractivity contribution < 1.29 is 0 Å². The molecule has 1 aliphatic rings. The summed E-state index contributed by atoms with van der Waals surface area (Å²) in [6.45, 7) is 0.961. The third kappa shape index (κ3) is 3.20. The molecule has 2 heteroatoms. The summed E-state index contributed by atoms with van der Waals surface area (Å²) in [6, 6.07) is 28.9. The lowest BCUT2D eigenvalue weighted by molar-refractivity contribution is 0.562. The summed E-state index contributed by atoms with van der Waals surface area (Å²) >= 11 is 2.38. The van der Waals surface area contributed by atoms with Crippen molar-refractivity contribution in [1.82, 2.24) is 4.57 Å². The zero-order chi connectivity index (χ0) is 18.2. The molecular weight excluding hydrogens is 441 g/mol. The van der Waals surface area contributed by atoms with Crippen LogP contribution in [0.1, 0.15) is 34.7 Å². The van der Waals surface area contributed by atoms with Gasteiger partial charge in [0.05, 0.1) is 0 Å². The maximum atomic E-state index is 2.56. The van der Waals surface area contributed by atoms with Gasteiger partial charge in [-0.25, -0.2) is 0 Å². The zero-order valence-electron chi connectivity index (χ0n) is 15.2. The van der Waals surface area contributed by atoms with Crippen LogP contribution in [0.5, 0.6) is 0 Å². The monoisotopic (exact) mass is 463 g/mol. The van der Waals surface area contributed by atoms with Crippen LogP contribution < -0.4 is 0 Å². The highest BCUT2D eigenvalue weighted by molar-refractivity contribution is 14.1. The molecule has 134 valence electrons. The van der Waals surface area contributed by atoms with Crippen LogP contribution >= 0.6 is 22.6 Å². The average molecular weight is 463 g/mol. The largest absolute Gasteiger partial charge is 0.340 e. The summed E-state index contributed by atoms with van der Waals surface area (Å²) in [5.74, 6) is 0.635. The molecule has 0 fully saturated rings. The molecule has 0 N–H and O–H groups in total. The van der Waals surface area contributed by atoms with E-state index < -0.39 is 0 Å². The lowest BCUT2D eigenvalue weighted by Gasteiger charge is -2.24. The minimum absolute atomic E-state index is 0.635. The van der Waals surface area contributed by atoms with Crippen LogP contribution in [-0.2, 0) is 19.4 Å². The maximum Gasteiger partial charge on any atom is 0.0488 e. The molecule has 1 aromatic heterocycles. The second-order valence-electron chi connectivity index (χ2n) is 7.51. The van der Waals surface area contributed by atoms with Crippen molar-refractivity contribution in [3.8, 4) is 0 Å². The predicted octanol–water partition coefficient (Wildman–Crippen LogP) is 6.57. The molecule has 1 heterocycles. The SMILES string of the molecule is Ic1ccc(Cn2c3c(c4ccccc42)C[C@@H](c2ccccc2)CC3)cc1. The summed E-state index contributed by atoms with van der Waals surface area (Å²) < 4.78 is 3.86. The standard InChI is InChI=1S/C25H22IN/c26-21-13-10-18(11-14-21)17-27-24-9-5-4-8-22(24)23-16-20(12-15-25(23)27)19-6-2-1-3-7-19/h1-11,13-14,20H,12,15-17H2/t20-/m0/s1. The van der Waals surface area contributed by atoms with E-state index >= 15 is 0 Å². The number of fused-ring (bicyclic) bond motifs is 3. The van der Waals surface area contributed by atoms with E-state index in [1.165, 1.54) is 32.0 Å². The molecule has 4 aromatic rings. The van der Waals surface area contributed by atoms with E-state index in [4.69, 9.17) is 0 Å². The van der Waals surface area contributed by atoms with Gasteiger partial charge in [-0.3, -0.25) is 0 Å². The number of aromatic nitrogens is 1. The highest BCUT2D eigenvalue weighted by atomic mass is 127. The Hall–Kier alpha value is -2.07. The number of benzene rings is 3. The van der Waals surface area contributed by atoms with Crippen LogP contribution in [0.15, 0.2) is 78.9 Å². The molecule has 1 atom stereocenters. The van der Waals surface area contributed by atoms with Gasteiger partial charge in [0.2, 0.25) is 0 Å². The molecule has 5 rings (SSSR count). The van der Waals surface area contributed by atoms with Gasteiger partial charge in [-0.1, -0.05) is 60.7 Å². The first-order chi connectivity index (χ1) is 13.3. The van der Waals surface area contributed by atoms with Crippen molar-refractivity contribution in [2.24, 2.45) is 0 Å². The van der Waals surface area contributed by atoms with Crippen LogP contribution in [0.4, 0.5) is 0 Å². The zero-order valence-corrected chi connectivity index (χ0v) is 17.4. The van der Waals surface area contributed by atoms with Gasteiger partial charge in [-0.2, -0.15) is 0 Å². The molecule has 0 aliphatic heterocycles. The molecule has 0 saturated carbocycles. The van der Waals surface area contributed by atoms with Crippen molar-refractivity contribution >= 4 is 33.5 Å². The van der Waals surface area contributed by atoms with E-state index in [1.54, 1.807) is 11.3 Å². The van der Waals surface area contributed by atoms with Crippen molar-refractivity contribution in [1.29, 1.82) is 0 Å². The van der Waals surface area contributed by atoms with Crippen molar-refractivity contribution in [3.63, 3.8) is 0 Å². The van der Waals surface area contributed by atoms with Gasteiger partial charge in [0, 0.05) is 26.7 Å². The fourth-order valence-corrected chi connectivity index (χ4v) is 4.92. The van der Waals surface area contributed by atoms with Crippen molar-refractivity contribution in [2.75, 3.05) is 0 Å². The summed E-state index contributed by atoms with van der Waals surface area (Å²) in [4.78, 5) is 0. The van der Waals surface area contributed by atoms with E-state index in [9.17, 15) is 0 Å². The molecule has 27 heavy (non-hydrogen) atoms. The van der Waals surface area contributed by atoms with Gasteiger partial charge in [0.1, 0.15) is 0 Å². The van der Waals surface area contributed by atoms with Gasteiger partial charge in [0.15, 0.2) is 0 Å². The number of halogens is 1. The topological polar surface area (TPSA) is 4.93 Å². The molecule has 0 amide bonds. The number of hydrogen-bond acceptors (Lipinski definition) is 0. The smallest absolute Gasteiger partial charge is 0.0488 e. The van der Waals surface area contributed by atoms with E-state index in [1.807, 2.05) is 0 Å². The first-order valence-corrected chi connectivity index (χ1v) is 10.8. The van der Waals surface area contributed by atoms with Gasteiger partial charge >= 0.3 is 0 Å². The number of rotatable bonds is 3. The first kappa shape index (κ1) is 17.1. The Morgan fingerprint density at radius 1 is 0.852 bits per heavy atom. The fraction of sp³-hybridized carbons (Fsp3) is 0.200. The first-order valence-electron chi connectivity index (χ1n) is 9.68. The lowest BCUT2D eigenvalue weighted by atomic mass is 9.82. The van der Waals surface area contributed by atoms with Crippen molar-refractivity contribution in [3.05, 3.63) is 105 Å². The predicted molar refractivity (Wildman–Crippen MR) is 121 cm³/mol. The van der Waals surface area contributed by atoms with Crippen LogP contribution in [0, 0.1) is 3.57 Å². The Bertz CT molecular complexity index is 1080. The van der Waals surface area contributed by atoms with Crippen LogP contribution in [0.25, 0.3) is 10.9 Å². The average Bonchev–Trinajstić information content (AvgIpc) is 3.04. The van der Waals surface area contributed by atoms with Gasteiger partial charge < -0.3 is 4.57 Å². The van der Waals surface area contributed by atoms with E-state index in [0.717, 1.165) is 19.4 Å². The molecule has 0 unspecified atom stereocenters. The molecule has 0 spiro atoms. The van der Waals surface area contributed by atoms with E-state index in [0.29, 0.717) is 5.92 Å². The highest BCUT2D eigenvalue weighted by Crippen LogP contribution is 2.38. The molecule has 1 aliphatic carbocycles. The second-order valence-corrected chi connectivity index (χ2v) is 8.75. The minimum Gasteiger partial charge on any atom is -0.340 e. The number of hydrogen-bond donors (Lipinski definition) is 0. The number of para-hydroxylation sites is 1. The van der Waals surface area contributed by atoms with Gasteiger partial charge in [-0.05, 0) is 82.7 Å². The second kappa shape index (κ2) is 7.16. The Morgan fingerprint density at radius 3 is 2.41 bits per heavy atom. The molecular formula is C25H22IN. The quantitative estimate of drug-likeness (QED) is 0.303. The van der Waals surface area contributed by atoms with Gasteiger partial charge in [-0.15, -0.1) is 0 Å². The summed E-state index contributed by atoms with van der Waals surface area (Å²) in [5.41, 5.74) is 7.36. The Labute approximate surface area is 174 Å². The Kier molecular flexibility index (Phi) is 4.52. The summed E-state index contributed by atoms with van der Waals surface area (Å²) in [6.07, 6.45) is 3.55. The highest BCUT2D eigenvalue weighted by Gasteiger charge is 2.26. The lowest BCUT2D eigenvalue weighted by Crippen LogP contribution is -2.15. The maximum absolute atomic E-state index is 2.56.